The number of nitrogens with zero attached hydrogens (tertiary/aromatic N) is 2. The molecule has 2 aliphatic rings. The van der Waals surface area contributed by atoms with Crippen LogP contribution in [-0.4, -0.2) is 41.4 Å². The Kier molecular flexibility index (Phi) is 5.37. The SMILES string of the molecule is CN(C)C/C=C/C(=O)NC1(c2nc(C3CC3)cc(=O)[nH]2)CCCCC1. The first kappa shape index (κ1) is 17.9. The summed E-state index contributed by atoms with van der Waals surface area (Å²) in [6.07, 6.45) is 10.5. The van der Waals surface area contributed by atoms with Crippen LogP contribution in [0.1, 0.15) is 62.4 Å². The van der Waals surface area contributed by atoms with E-state index in [4.69, 9.17) is 4.98 Å². The minimum atomic E-state index is -0.554. The smallest absolute Gasteiger partial charge is 0.251 e. The topological polar surface area (TPSA) is 78.1 Å². The van der Waals surface area contributed by atoms with Gasteiger partial charge < -0.3 is 15.2 Å². The van der Waals surface area contributed by atoms with Crippen LogP contribution in [0.15, 0.2) is 23.0 Å². The van der Waals surface area contributed by atoms with E-state index in [0.29, 0.717) is 18.3 Å². The molecule has 6 heteroatoms. The largest absolute Gasteiger partial charge is 0.340 e. The number of rotatable bonds is 6. The van der Waals surface area contributed by atoms with E-state index in [2.05, 4.69) is 10.3 Å². The molecular formula is C19H28N4O2. The second-order valence-electron chi connectivity index (χ2n) is 7.59. The molecule has 0 saturated heterocycles. The molecule has 2 N–H and O–H groups in total. The van der Waals surface area contributed by atoms with Crippen LogP contribution in [0.4, 0.5) is 0 Å². The number of hydrogen-bond donors (Lipinski definition) is 2. The third-order valence-corrected chi connectivity index (χ3v) is 5.02. The van der Waals surface area contributed by atoms with Crippen LogP contribution >= 0.6 is 0 Å². The molecule has 2 fully saturated rings. The van der Waals surface area contributed by atoms with E-state index in [1.54, 1.807) is 12.1 Å². The molecule has 0 unspecified atom stereocenters. The Balaban J connectivity index is 1.84. The molecule has 1 aromatic rings. The minimum Gasteiger partial charge on any atom is -0.340 e. The summed E-state index contributed by atoms with van der Waals surface area (Å²) in [6.45, 7) is 0.715. The van der Waals surface area contributed by atoms with E-state index in [0.717, 1.165) is 50.6 Å². The van der Waals surface area contributed by atoms with Gasteiger partial charge in [-0.1, -0.05) is 25.3 Å². The minimum absolute atomic E-state index is 0.116. The van der Waals surface area contributed by atoms with E-state index in [1.165, 1.54) is 0 Å². The maximum absolute atomic E-state index is 12.5. The van der Waals surface area contributed by atoms with Crippen molar-refractivity contribution >= 4 is 5.91 Å². The van der Waals surface area contributed by atoms with Crippen molar-refractivity contribution in [3.8, 4) is 0 Å². The molecule has 6 nitrogen and oxygen atoms in total. The molecule has 0 radical (unpaired) electrons. The molecule has 0 spiro atoms. The molecule has 1 amide bonds. The molecule has 25 heavy (non-hydrogen) atoms. The molecule has 1 aromatic heterocycles. The summed E-state index contributed by atoms with van der Waals surface area (Å²) in [7, 11) is 3.92. The number of likely N-dealkylation sites (N-methyl/N-ethyl adjacent to an activating group) is 1. The van der Waals surface area contributed by atoms with Crippen molar-refractivity contribution in [2.75, 3.05) is 20.6 Å². The molecule has 0 bridgehead atoms. The van der Waals surface area contributed by atoms with E-state index >= 15 is 0 Å². The van der Waals surface area contributed by atoms with Gasteiger partial charge in [-0.05, 0) is 39.8 Å². The standard InChI is InChI=1S/C19H28N4O2/c1-23(2)12-6-7-16(24)22-19(10-4-3-5-11-19)18-20-15(14-8-9-14)13-17(25)21-18/h6-7,13-14H,3-5,8-12H2,1-2H3,(H,22,24)(H,20,21,25)/b7-6+. The summed E-state index contributed by atoms with van der Waals surface area (Å²) in [4.78, 5) is 34.2. The summed E-state index contributed by atoms with van der Waals surface area (Å²) in [6, 6.07) is 1.61. The first-order valence-electron chi connectivity index (χ1n) is 9.24. The van der Waals surface area contributed by atoms with Crippen molar-refractivity contribution in [3.63, 3.8) is 0 Å². The third kappa shape index (κ3) is 4.57. The van der Waals surface area contributed by atoms with Crippen LogP contribution in [0, 0.1) is 0 Å². The number of amides is 1. The number of aromatic amines is 1. The highest BCUT2D eigenvalue weighted by atomic mass is 16.1. The monoisotopic (exact) mass is 344 g/mol. The Morgan fingerprint density at radius 1 is 1.36 bits per heavy atom. The van der Waals surface area contributed by atoms with Gasteiger partial charge in [0.2, 0.25) is 5.91 Å². The van der Waals surface area contributed by atoms with Gasteiger partial charge in [0.05, 0.1) is 11.2 Å². The first-order valence-corrected chi connectivity index (χ1v) is 9.24. The van der Waals surface area contributed by atoms with Crippen molar-refractivity contribution < 1.29 is 4.79 Å². The fraction of sp³-hybridized carbons (Fsp3) is 0.632. The Morgan fingerprint density at radius 3 is 2.72 bits per heavy atom. The summed E-state index contributed by atoms with van der Waals surface area (Å²) in [5.41, 5.74) is 0.206. The Labute approximate surface area is 148 Å². The molecule has 0 aliphatic heterocycles. The second kappa shape index (κ2) is 7.52. The molecular weight excluding hydrogens is 316 g/mol. The van der Waals surface area contributed by atoms with Gasteiger partial charge in [0.25, 0.3) is 5.56 Å². The highest BCUT2D eigenvalue weighted by Gasteiger charge is 2.38. The Bertz CT molecular complexity index is 698. The maximum atomic E-state index is 12.5. The van der Waals surface area contributed by atoms with Gasteiger partial charge >= 0.3 is 0 Å². The zero-order valence-electron chi connectivity index (χ0n) is 15.2. The second-order valence-corrected chi connectivity index (χ2v) is 7.59. The van der Waals surface area contributed by atoms with E-state index in [-0.39, 0.29) is 11.5 Å². The van der Waals surface area contributed by atoms with Crippen LogP contribution in [0.3, 0.4) is 0 Å². The van der Waals surface area contributed by atoms with E-state index < -0.39 is 5.54 Å². The number of nitrogens with one attached hydrogen (secondary N) is 2. The fourth-order valence-corrected chi connectivity index (χ4v) is 3.52. The van der Waals surface area contributed by atoms with Gasteiger partial charge in [0.15, 0.2) is 0 Å². The molecule has 0 atom stereocenters. The highest BCUT2D eigenvalue weighted by molar-refractivity contribution is 5.88. The lowest BCUT2D eigenvalue weighted by Crippen LogP contribution is -2.48. The lowest BCUT2D eigenvalue weighted by molar-refractivity contribution is -0.119. The zero-order valence-corrected chi connectivity index (χ0v) is 15.2. The summed E-state index contributed by atoms with van der Waals surface area (Å²) < 4.78 is 0. The van der Waals surface area contributed by atoms with Gasteiger partial charge in [-0.3, -0.25) is 9.59 Å². The van der Waals surface area contributed by atoms with Crippen LogP contribution in [0.25, 0.3) is 0 Å². The van der Waals surface area contributed by atoms with Crippen LogP contribution < -0.4 is 10.9 Å². The van der Waals surface area contributed by atoms with Gasteiger partial charge in [0, 0.05) is 24.6 Å². The number of H-pyrrole nitrogens is 1. The molecule has 1 heterocycles. The highest BCUT2D eigenvalue weighted by Crippen LogP contribution is 2.40. The molecule has 2 aliphatic carbocycles. The van der Waals surface area contributed by atoms with Gasteiger partial charge in [-0.25, -0.2) is 4.98 Å². The Hall–Kier alpha value is -1.95. The van der Waals surface area contributed by atoms with Crippen molar-refractivity contribution in [2.45, 2.75) is 56.4 Å². The lowest BCUT2D eigenvalue weighted by Gasteiger charge is -2.37. The molecule has 0 aromatic carbocycles. The predicted molar refractivity (Wildman–Crippen MR) is 97.4 cm³/mol. The number of aromatic nitrogens is 2. The number of carbonyl (C=O) groups excluding carboxylic acids is 1. The van der Waals surface area contributed by atoms with Crippen molar-refractivity contribution in [3.05, 3.63) is 40.1 Å². The molecule has 3 rings (SSSR count). The predicted octanol–water partition coefficient (Wildman–Crippen LogP) is 2.04. The van der Waals surface area contributed by atoms with Crippen molar-refractivity contribution in [1.29, 1.82) is 0 Å². The average Bonchev–Trinajstić information content (AvgIpc) is 3.39. The van der Waals surface area contributed by atoms with Crippen molar-refractivity contribution in [1.82, 2.24) is 20.2 Å². The lowest BCUT2D eigenvalue weighted by atomic mass is 9.80. The third-order valence-electron chi connectivity index (χ3n) is 5.02. The summed E-state index contributed by atoms with van der Waals surface area (Å²) in [5.74, 6) is 0.927. The maximum Gasteiger partial charge on any atom is 0.251 e. The summed E-state index contributed by atoms with van der Waals surface area (Å²) >= 11 is 0. The zero-order chi connectivity index (χ0) is 17.9. The Morgan fingerprint density at radius 2 is 2.08 bits per heavy atom. The number of carbonyl (C=O) groups is 1. The van der Waals surface area contributed by atoms with Gasteiger partial charge in [0.1, 0.15) is 5.82 Å². The van der Waals surface area contributed by atoms with Crippen LogP contribution in [0.2, 0.25) is 0 Å². The van der Waals surface area contributed by atoms with Gasteiger partial charge in [-0.15, -0.1) is 0 Å². The van der Waals surface area contributed by atoms with E-state index in [1.807, 2.05) is 25.1 Å². The molecule has 2 saturated carbocycles. The normalized spacial score (nSPS) is 20.1. The van der Waals surface area contributed by atoms with Crippen LogP contribution in [-0.2, 0) is 10.3 Å². The fourth-order valence-electron chi connectivity index (χ4n) is 3.52. The van der Waals surface area contributed by atoms with Crippen LogP contribution in [0.5, 0.6) is 0 Å². The van der Waals surface area contributed by atoms with Gasteiger partial charge in [-0.2, -0.15) is 0 Å². The van der Waals surface area contributed by atoms with Crippen molar-refractivity contribution in [2.24, 2.45) is 0 Å². The molecule has 136 valence electrons. The number of hydrogen-bond acceptors (Lipinski definition) is 4. The summed E-state index contributed by atoms with van der Waals surface area (Å²) in [5, 5.41) is 3.16. The quantitative estimate of drug-likeness (QED) is 0.774. The average molecular weight is 344 g/mol. The van der Waals surface area contributed by atoms with E-state index in [9.17, 15) is 9.59 Å². The first-order chi connectivity index (χ1) is 12.0.